The van der Waals surface area contributed by atoms with Gasteiger partial charge in [0.2, 0.25) is 0 Å². The SMILES string of the molecule is Cc1cc(Cc2ccc(N)c(N)n2)ccn1. The Morgan fingerprint density at radius 1 is 1.19 bits per heavy atom. The van der Waals surface area contributed by atoms with Gasteiger partial charge in [0.05, 0.1) is 5.69 Å². The van der Waals surface area contributed by atoms with Crippen molar-refractivity contribution in [2.75, 3.05) is 11.5 Å². The average molecular weight is 214 g/mol. The van der Waals surface area contributed by atoms with Crippen molar-refractivity contribution in [3.8, 4) is 0 Å². The first-order valence-corrected chi connectivity index (χ1v) is 5.07. The van der Waals surface area contributed by atoms with E-state index in [4.69, 9.17) is 11.5 Å². The summed E-state index contributed by atoms with van der Waals surface area (Å²) in [4.78, 5) is 8.38. The Hall–Kier alpha value is -2.10. The van der Waals surface area contributed by atoms with E-state index in [1.165, 1.54) is 5.56 Å². The highest BCUT2D eigenvalue weighted by molar-refractivity contribution is 5.58. The number of hydrogen-bond donors (Lipinski definition) is 2. The lowest BCUT2D eigenvalue weighted by Gasteiger charge is -2.04. The topological polar surface area (TPSA) is 77.8 Å². The summed E-state index contributed by atoms with van der Waals surface area (Å²) in [6.07, 6.45) is 2.54. The van der Waals surface area contributed by atoms with E-state index in [0.717, 1.165) is 17.8 Å². The maximum absolute atomic E-state index is 5.66. The minimum Gasteiger partial charge on any atom is -0.396 e. The van der Waals surface area contributed by atoms with Crippen LogP contribution in [0.3, 0.4) is 0 Å². The lowest BCUT2D eigenvalue weighted by atomic mass is 10.1. The number of anilines is 2. The van der Waals surface area contributed by atoms with Crippen LogP contribution in [0.4, 0.5) is 11.5 Å². The van der Waals surface area contributed by atoms with Gasteiger partial charge in [0.1, 0.15) is 5.82 Å². The highest BCUT2D eigenvalue weighted by Gasteiger charge is 2.01. The molecule has 4 N–H and O–H groups in total. The van der Waals surface area contributed by atoms with Crippen molar-refractivity contribution in [3.63, 3.8) is 0 Å². The number of aromatic nitrogens is 2. The molecule has 0 aromatic carbocycles. The first-order chi connectivity index (χ1) is 7.65. The van der Waals surface area contributed by atoms with Gasteiger partial charge in [0.15, 0.2) is 0 Å². The third-order valence-corrected chi connectivity index (χ3v) is 2.36. The van der Waals surface area contributed by atoms with Crippen LogP contribution in [0.1, 0.15) is 17.0 Å². The van der Waals surface area contributed by atoms with Crippen LogP contribution in [0.2, 0.25) is 0 Å². The van der Waals surface area contributed by atoms with E-state index >= 15 is 0 Å². The van der Waals surface area contributed by atoms with Crippen LogP contribution in [-0.2, 0) is 6.42 Å². The minimum absolute atomic E-state index is 0.392. The summed E-state index contributed by atoms with van der Waals surface area (Å²) in [7, 11) is 0. The fourth-order valence-electron chi connectivity index (χ4n) is 1.55. The molecule has 0 radical (unpaired) electrons. The van der Waals surface area contributed by atoms with Crippen molar-refractivity contribution in [1.82, 2.24) is 9.97 Å². The zero-order valence-corrected chi connectivity index (χ0v) is 9.14. The largest absolute Gasteiger partial charge is 0.396 e. The van der Waals surface area contributed by atoms with Crippen molar-refractivity contribution < 1.29 is 0 Å². The van der Waals surface area contributed by atoms with Gasteiger partial charge in [0, 0.05) is 24.0 Å². The molecule has 0 spiro atoms. The summed E-state index contributed by atoms with van der Waals surface area (Å²) in [6, 6.07) is 7.68. The fourth-order valence-corrected chi connectivity index (χ4v) is 1.55. The molecular formula is C12H14N4. The van der Waals surface area contributed by atoms with E-state index in [9.17, 15) is 0 Å². The molecule has 82 valence electrons. The summed E-state index contributed by atoms with van der Waals surface area (Å²) in [5.41, 5.74) is 14.9. The molecule has 4 nitrogen and oxygen atoms in total. The van der Waals surface area contributed by atoms with Gasteiger partial charge in [-0.3, -0.25) is 4.98 Å². The molecule has 0 unspecified atom stereocenters. The molecular weight excluding hydrogens is 200 g/mol. The molecule has 0 aliphatic carbocycles. The Labute approximate surface area is 94.3 Å². The number of hydrogen-bond acceptors (Lipinski definition) is 4. The predicted octanol–water partition coefficient (Wildman–Crippen LogP) is 1.54. The van der Waals surface area contributed by atoms with Gasteiger partial charge in [-0.2, -0.15) is 0 Å². The quantitative estimate of drug-likeness (QED) is 0.794. The number of nitrogen functional groups attached to an aromatic ring is 2. The standard InChI is InChI=1S/C12H14N4/c1-8-6-9(4-5-15-8)7-10-2-3-11(13)12(14)16-10/h2-6H,7,13H2,1H3,(H2,14,16). The van der Waals surface area contributed by atoms with Crippen molar-refractivity contribution in [2.45, 2.75) is 13.3 Å². The molecule has 2 aromatic heterocycles. The fraction of sp³-hybridized carbons (Fsp3) is 0.167. The van der Waals surface area contributed by atoms with Gasteiger partial charge in [-0.15, -0.1) is 0 Å². The molecule has 0 aliphatic heterocycles. The van der Waals surface area contributed by atoms with Gasteiger partial charge in [-0.1, -0.05) is 0 Å². The zero-order chi connectivity index (χ0) is 11.5. The van der Waals surface area contributed by atoms with Crippen LogP contribution < -0.4 is 11.5 Å². The highest BCUT2D eigenvalue weighted by atomic mass is 14.9. The molecule has 0 saturated carbocycles. The molecule has 0 fully saturated rings. The normalized spacial score (nSPS) is 10.3. The second kappa shape index (κ2) is 4.18. The van der Waals surface area contributed by atoms with Crippen LogP contribution >= 0.6 is 0 Å². The smallest absolute Gasteiger partial charge is 0.146 e. The van der Waals surface area contributed by atoms with E-state index in [0.29, 0.717) is 11.5 Å². The van der Waals surface area contributed by atoms with Crippen LogP contribution in [0.5, 0.6) is 0 Å². The molecule has 2 heterocycles. The Bertz CT molecular complexity index is 508. The Morgan fingerprint density at radius 3 is 2.69 bits per heavy atom. The van der Waals surface area contributed by atoms with Gasteiger partial charge in [0.25, 0.3) is 0 Å². The molecule has 2 aromatic rings. The third-order valence-electron chi connectivity index (χ3n) is 2.36. The van der Waals surface area contributed by atoms with Crippen LogP contribution in [0.15, 0.2) is 30.5 Å². The summed E-state index contributed by atoms with van der Waals surface area (Å²) in [5.74, 6) is 0.392. The number of pyridine rings is 2. The van der Waals surface area contributed by atoms with Gasteiger partial charge in [-0.25, -0.2) is 4.98 Å². The maximum atomic E-state index is 5.66. The predicted molar refractivity (Wildman–Crippen MR) is 64.8 cm³/mol. The number of aryl methyl sites for hydroxylation is 1. The Kier molecular flexibility index (Phi) is 2.72. The van der Waals surface area contributed by atoms with Crippen molar-refractivity contribution in [1.29, 1.82) is 0 Å². The van der Waals surface area contributed by atoms with Crippen LogP contribution in [0.25, 0.3) is 0 Å². The first-order valence-electron chi connectivity index (χ1n) is 5.07. The summed E-state index contributed by atoms with van der Waals surface area (Å²) < 4.78 is 0. The Morgan fingerprint density at radius 2 is 2.00 bits per heavy atom. The van der Waals surface area contributed by atoms with Gasteiger partial charge < -0.3 is 11.5 Å². The van der Waals surface area contributed by atoms with Crippen molar-refractivity contribution >= 4 is 11.5 Å². The Balaban J connectivity index is 2.24. The van der Waals surface area contributed by atoms with Crippen LogP contribution in [0, 0.1) is 6.92 Å². The molecule has 0 atom stereocenters. The maximum Gasteiger partial charge on any atom is 0.146 e. The van der Waals surface area contributed by atoms with E-state index in [1.54, 1.807) is 12.3 Å². The summed E-state index contributed by atoms with van der Waals surface area (Å²) >= 11 is 0. The van der Waals surface area contributed by atoms with Crippen molar-refractivity contribution in [2.24, 2.45) is 0 Å². The second-order valence-corrected chi connectivity index (χ2v) is 3.76. The first kappa shape index (κ1) is 10.4. The van der Waals surface area contributed by atoms with E-state index in [-0.39, 0.29) is 0 Å². The molecule has 16 heavy (non-hydrogen) atoms. The van der Waals surface area contributed by atoms with E-state index in [2.05, 4.69) is 9.97 Å². The summed E-state index contributed by atoms with van der Waals surface area (Å²) in [6.45, 7) is 1.97. The van der Waals surface area contributed by atoms with E-state index < -0.39 is 0 Å². The van der Waals surface area contributed by atoms with E-state index in [1.807, 2.05) is 25.1 Å². The minimum atomic E-state index is 0.392. The lowest BCUT2D eigenvalue weighted by molar-refractivity contribution is 1.06. The van der Waals surface area contributed by atoms with Gasteiger partial charge in [-0.05, 0) is 36.8 Å². The summed E-state index contributed by atoms with van der Waals surface area (Å²) in [5, 5.41) is 0. The lowest BCUT2D eigenvalue weighted by Crippen LogP contribution is -2.01. The second-order valence-electron chi connectivity index (χ2n) is 3.76. The van der Waals surface area contributed by atoms with Crippen LogP contribution in [-0.4, -0.2) is 9.97 Å². The molecule has 2 rings (SSSR count). The van der Waals surface area contributed by atoms with Crippen molar-refractivity contribution in [3.05, 3.63) is 47.4 Å². The molecule has 4 heteroatoms. The number of nitrogens with two attached hydrogens (primary N) is 2. The molecule has 0 aliphatic rings. The molecule has 0 saturated heterocycles. The monoisotopic (exact) mass is 214 g/mol. The number of nitrogens with zero attached hydrogens (tertiary/aromatic N) is 2. The average Bonchev–Trinajstić information content (AvgIpc) is 2.24. The highest BCUT2D eigenvalue weighted by Crippen LogP contribution is 2.14. The zero-order valence-electron chi connectivity index (χ0n) is 9.14. The third kappa shape index (κ3) is 2.28. The molecule has 0 amide bonds. The molecule has 0 bridgehead atoms. The van der Waals surface area contributed by atoms with Gasteiger partial charge >= 0.3 is 0 Å². The number of rotatable bonds is 2.